The third-order valence-corrected chi connectivity index (χ3v) is 1.69. The van der Waals surface area contributed by atoms with Gasteiger partial charge in [0.2, 0.25) is 0 Å². The van der Waals surface area contributed by atoms with Crippen LogP contribution in [0.4, 0.5) is 0 Å². The van der Waals surface area contributed by atoms with E-state index >= 15 is 0 Å². The molecule has 0 spiro atoms. The van der Waals surface area contributed by atoms with E-state index in [9.17, 15) is 4.79 Å². The van der Waals surface area contributed by atoms with E-state index in [0.29, 0.717) is 5.69 Å². The van der Waals surface area contributed by atoms with Crippen LogP contribution in [0.2, 0.25) is 0 Å². The molecule has 4 heteroatoms. The van der Waals surface area contributed by atoms with Gasteiger partial charge in [0.1, 0.15) is 11.6 Å². The van der Waals surface area contributed by atoms with Crippen molar-refractivity contribution in [1.82, 2.24) is 10.2 Å². The van der Waals surface area contributed by atoms with E-state index in [1.165, 1.54) is 6.07 Å². The lowest BCUT2D eigenvalue weighted by atomic mass is 9.91. The van der Waals surface area contributed by atoms with Gasteiger partial charge in [-0.25, -0.2) is 5.10 Å². The number of aromatic nitrogens is 2. The highest BCUT2D eigenvalue weighted by molar-refractivity contribution is 5.28. The first-order valence-corrected chi connectivity index (χ1v) is 3.95. The molecule has 0 radical (unpaired) electrons. The zero-order chi connectivity index (χ0) is 10.1. The van der Waals surface area contributed by atoms with Crippen LogP contribution in [0, 0.1) is 11.3 Å². The van der Waals surface area contributed by atoms with Crippen molar-refractivity contribution in [2.24, 2.45) is 0 Å². The second kappa shape index (κ2) is 3.02. The first-order chi connectivity index (χ1) is 5.95. The monoisotopic (exact) mass is 177 g/mol. The average Bonchev–Trinajstić information content (AvgIpc) is 2.03. The molecule has 1 heterocycles. The molecule has 0 bridgehead atoms. The maximum atomic E-state index is 11.0. The molecule has 0 aliphatic rings. The van der Waals surface area contributed by atoms with Gasteiger partial charge in [-0.2, -0.15) is 10.4 Å². The van der Waals surface area contributed by atoms with Crippen LogP contribution in [-0.2, 0) is 5.41 Å². The molecule has 68 valence electrons. The minimum atomic E-state index is -0.435. The summed E-state index contributed by atoms with van der Waals surface area (Å²) in [5, 5.41) is 14.8. The number of rotatable bonds is 0. The SMILES string of the molecule is CC(C)(C)c1cc(C#N)c(=O)[nH]n1. The lowest BCUT2D eigenvalue weighted by Crippen LogP contribution is -2.20. The van der Waals surface area contributed by atoms with E-state index in [1.54, 1.807) is 0 Å². The second-order valence-corrected chi connectivity index (χ2v) is 3.86. The van der Waals surface area contributed by atoms with Crippen molar-refractivity contribution in [3.05, 3.63) is 27.7 Å². The van der Waals surface area contributed by atoms with E-state index < -0.39 is 5.56 Å². The number of nitrogens with zero attached hydrogens (tertiary/aromatic N) is 2. The second-order valence-electron chi connectivity index (χ2n) is 3.86. The highest BCUT2D eigenvalue weighted by atomic mass is 16.1. The van der Waals surface area contributed by atoms with E-state index in [-0.39, 0.29) is 11.0 Å². The van der Waals surface area contributed by atoms with Gasteiger partial charge < -0.3 is 0 Å². The Labute approximate surface area is 76.2 Å². The van der Waals surface area contributed by atoms with Gasteiger partial charge >= 0.3 is 0 Å². The number of aromatic amines is 1. The van der Waals surface area contributed by atoms with Crippen molar-refractivity contribution in [3.8, 4) is 6.07 Å². The summed E-state index contributed by atoms with van der Waals surface area (Å²) in [4.78, 5) is 11.0. The first-order valence-electron chi connectivity index (χ1n) is 3.95. The van der Waals surface area contributed by atoms with Crippen molar-refractivity contribution in [1.29, 1.82) is 5.26 Å². The highest BCUT2D eigenvalue weighted by Gasteiger charge is 2.16. The van der Waals surface area contributed by atoms with Crippen molar-refractivity contribution < 1.29 is 0 Å². The Kier molecular flexibility index (Phi) is 2.20. The van der Waals surface area contributed by atoms with E-state index in [2.05, 4.69) is 10.2 Å². The summed E-state index contributed by atoms with van der Waals surface area (Å²) in [6, 6.07) is 3.35. The van der Waals surface area contributed by atoms with Crippen LogP contribution in [0.5, 0.6) is 0 Å². The van der Waals surface area contributed by atoms with Crippen LogP contribution < -0.4 is 5.56 Å². The molecule has 13 heavy (non-hydrogen) atoms. The van der Waals surface area contributed by atoms with E-state index in [4.69, 9.17) is 5.26 Å². The number of nitriles is 1. The standard InChI is InChI=1S/C9H11N3O/c1-9(2,3)7-4-6(5-10)8(13)12-11-7/h4H,1-3H3,(H,12,13). The van der Waals surface area contributed by atoms with Gasteiger partial charge in [-0.15, -0.1) is 0 Å². The summed E-state index contributed by atoms with van der Waals surface area (Å²) in [6.45, 7) is 5.90. The third-order valence-electron chi connectivity index (χ3n) is 1.69. The van der Waals surface area contributed by atoms with Crippen LogP contribution in [0.1, 0.15) is 32.0 Å². The molecule has 0 atom stereocenters. The molecular formula is C9H11N3O. The molecule has 0 saturated carbocycles. The Morgan fingerprint density at radius 1 is 1.54 bits per heavy atom. The first kappa shape index (κ1) is 9.46. The summed E-state index contributed by atoms with van der Waals surface area (Å²) in [5.74, 6) is 0. The number of hydrogen-bond acceptors (Lipinski definition) is 3. The molecule has 0 aliphatic carbocycles. The smallest absolute Gasteiger partial charge is 0.267 e. The average molecular weight is 177 g/mol. The van der Waals surface area contributed by atoms with Crippen LogP contribution in [-0.4, -0.2) is 10.2 Å². The maximum absolute atomic E-state index is 11.0. The fourth-order valence-electron chi connectivity index (χ4n) is 0.873. The van der Waals surface area contributed by atoms with E-state index in [1.807, 2.05) is 26.8 Å². The van der Waals surface area contributed by atoms with Crippen molar-refractivity contribution >= 4 is 0 Å². The Morgan fingerprint density at radius 2 is 2.15 bits per heavy atom. The predicted octanol–water partition coefficient (Wildman–Crippen LogP) is 0.939. The maximum Gasteiger partial charge on any atom is 0.282 e. The van der Waals surface area contributed by atoms with Gasteiger partial charge in [-0.3, -0.25) is 4.79 Å². The van der Waals surface area contributed by atoms with Crippen LogP contribution in [0.15, 0.2) is 10.9 Å². The number of hydrogen-bond donors (Lipinski definition) is 1. The molecule has 0 amide bonds. The van der Waals surface area contributed by atoms with Gasteiger partial charge in [0, 0.05) is 5.41 Å². The fraction of sp³-hybridized carbons (Fsp3) is 0.444. The van der Waals surface area contributed by atoms with Crippen molar-refractivity contribution in [2.45, 2.75) is 26.2 Å². The lowest BCUT2D eigenvalue weighted by molar-refractivity contribution is 0.556. The molecule has 4 nitrogen and oxygen atoms in total. The molecule has 1 N–H and O–H groups in total. The molecule has 1 rings (SSSR count). The van der Waals surface area contributed by atoms with Crippen LogP contribution in [0.25, 0.3) is 0 Å². The zero-order valence-corrected chi connectivity index (χ0v) is 7.88. The fourth-order valence-corrected chi connectivity index (χ4v) is 0.873. The van der Waals surface area contributed by atoms with Gasteiger partial charge in [-0.05, 0) is 6.07 Å². The molecule has 0 fully saturated rings. The zero-order valence-electron chi connectivity index (χ0n) is 7.88. The van der Waals surface area contributed by atoms with Crippen LogP contribution >= 0.6 is 0 Å². The number of nitrogens with one attached hydrogen (secondary N) is 1. The van der Waals surface area contributed by atoms with Gasteiger partial charge in [0.05, 0.1) is 5.69 Å². The van der Waals surface area contributed by atoms with Crippen LogP contribution in [0.3, 0.4) is 0 Å². The Hall–Kier alpha value is -1.63. The van der Waals surface area contributed by atoms with Gasteiger partial charge in [-0.1, -0.05) is 20.8 Å². The molecule has 0 unspecified atom stereocenters. The number of H-pyrrole nitrogens is 1. The summed E-state index contributed by atoms with van der Waals surface area (Å²) in [5.41, 5.74) is 0.231. The predicted molar refractivity (Wildman–Crippen MR) is 48.3 cm³/mol. The van der Waals surface area contributed by atoms with Crippen molar-refractivity contribution in [3.63, 3.8) is 0 Å². The molecule has 1 aromatic rings. The quantitative estimate of drug-likeness (QED) is 0.641. The van der Waals surface area contributed by atoms with Gasteiger partial charge in [0.15, 0.2) is 0 Å². The van der Waals surface area contributed by atoms with E-state index in [0.717, 1.165) is 0 Å². The van der Waals surface area contributed by atoms with Crippen molar-refractivity contribution in [2.75, 3.05) is 0 Å². The summed E-state index contributed by atoms with van der Waals surface area (Å²) in [7, 11) is 0. The largest absolute Gasteiger partial charge is 0.282 e. The third kappa shape index (κ3) is 1.94. The summed E-state index contributed by atoms with van der Waals surface area (Å²) < 4.78 is 0. The Bertz CT molecular complexity index is 406. The topological polar surface area (TPSA) is 69.5 Å². The molecule has 0 saturated heterocycles. The van der Waals surface area contributed by atoms with Gasteiger partial charge in [0.25, 0.3) is 5.56 Å². The summed E-state index contributed by atoms with van der Waals surface area (Å²) in [6.07, 6.45) is 0. The Balaban J connectivity index is 3.32. The Morgan fingerprint density at radius 3 is 2.62 bits per heavy atom. The normalized spacial score (nSPS) is 10.9. The minimum Gasteiger partial charge on any atom is -0.267 e. The molecule has 0 aromatic carbocycles. The molecular weight excluding hydrogens is 166 g/mol. The highest BCUT2D eigenvalue weighted by Crippen LogP contribution is 2.18. The molecule has 1 aromatic heterocycles. The molecule has 0 aliphatic heterocycles. The lowest BCUT2D eigenvalue weighted by Gasteiger charge is -2.16. The summed E-state index contributed by atoms with van der Waals surface area (Å²) >= 11 is 0. The minimum absolute atomic E-state index is 0.111.